The lowest BCUT2D eigenvalue weighted by Gasteiger charge is -2.23. The van der Waals surface area contributed by atoms with Crippen molar-refractivity contribution in [1.29, 1.82) is 0 Å². The van der Waals surface area contributed by atoms with Gasteiger partial charge in [0.05, 0.1) is 16.4 Å². The standard InChI is InChI=1S/C23H23N3O7S/c1-25(12-13-27)23(29)21(14-16-6-9-19(10-7-16)26(30)31)22(28)24-34(32,33)20-11-8-17-4-2-3-5-18(17)15-20/h2-11,15,21,27H,12-14H2,1H3,(H,24,28). The lowest BCUT2D eigenvalue weighted by Crippen LogP contribution is -2.45. The summed E-state index contributed by atoms with van der Waals surface area (Å²) in [5, 5.41) is 21.5. The third-order valence-electron chi connectivity index (χ3n) is 5.28. The molecule has 10 nitrogen and oxygen atoms in total. The van der Waals surface area contributed by atoms with Crippen LogP contribution in [0.4, 0.5) is 5.69 Å². The molecule has 0 radical (unpaired) electrons. The molecule has 11 heteroatoms. The minimum absolute atomic E-state index is 0.0553. The predicted octanol–water partition coefficient (Wildman–Crippen LogP) is 1.86. The highest BCUT2D eigenvalue weighted by Crippen LogP contribution is 2.21. The Kier molecular flexibility index (Phi) is 7.59. The summed E-state index contributed by atoms with van der Waals surface area (Å²) in [7, 11) is -2.91. The molecule has 2 amide bonds. The topological polar surface area (TPSA) is 147 Å². The third kappa shape index (κ3) is 5.74. The van der Waals surface area contributed by atoms with Gasteiger partial charge in [-0.3, -0.25) is 19.7 Å². The number of hydrogen-bond acceptors (Lipinski definition) is 7. The number of rotatable bonds is 9. The number of nitro benzene ring substituents is 1. The van der Waals surface area contributed by atoms with E-state index in [1.807, 2.05) is 16.9 Å². The fourth-order valence-corrected chi connectivity index (χ4v) is 4.46. The summed E-state index contributed by atoms with van der Waals surface area (Å²) in [5.41, 5.74) is 0.270. The number of fused-ring (bicyclic) bond motifs is 1. The van der Waals surface area contributed by atoms with E-state index in [1.54, 1.807) is 18.2 Å². The van der Waals surface area contributed by atoms with Gasteiger partial charge in [-0.2, -0.15) is 0 Å². The summed E-state index contributed by atoms with van der Waals surface area (Å²) in [5.74, 6) is -3.17. The molecule has 1 atom stereocenters. The first kappa shape index (κ1) is 24.8. The largest absolute Gasteiger partial charge is 0.395 e. The molecular weight excluding hydrogens is 462 g/mol. The van der Waals surface area contributed by atoms with Crippen LogP contribution in [0.2, 0.25) is 0 Å². The minimum atomic E-state index is -4.29. The zero-order valence-corrected chi connectivity index (χ0v) is 19.1. The molecule has 178 valence electrons. The van der Waals surface area contributed by atoms with E-state index < -0.39 is 32.7 Å². The molecule has 3 aromatic rings. The maximum Gasteiger partial charge on any atom is 0.269 e. The number of nitrogens with zero attached hydrogens (tertiary/aromatic N) is 2. The molecule has 0 fully saturated rings. The molecule has 0 heterocycles. The second-order valence-electron chi connectivity index (χ2n) is 7.64. The lowest BCUT2D eigenvalue weighted by molar-refractivity contribution is -0.384. The minimum Gasteiger partial charge on any atom is -0.395 e. The number of nitro groups is 1. The molecule has 0 saturated heterocycles. The Balaban J connectivity index is 1.88. The van der Waals surface area contributed by atoms with E-state index in [0.717, 1.165) is 10.3 Å². The summed E-state index contributed by atoms with van der Waals surface area (Å²) in [6.07, 6.45) is -0.189. The first-order valence-electron chi connectivity index (χ1n) is 10.3. The molecule has 0 saturated carbocycles. The van der Waals surface area contributed by atoms with Crippen molar-refractivity contribution in [2.75, 3.05) is 20.2 Å². The van der Waals surface area contributed by atoms with Crippen LogP contribution in [0.3, 0.4) is 0 Å². The summed E-state index contributed by atoms with van der Waals surface area (Å²) in [6, 6.07) is 16.8. The first-order valence-corrected chi connectivity index (χ1v) is 11.8. The van der Waals surface area contributed by atoms with Gasteiger partial charge in [0.1, 0.15) is 5.92 Å². The number of sulfonamides is 1. The average Bonchev–Trinajstić information content (AvgIpc) is 2.81. The second kappa shape index (κ2) is 10.4. The second-order valence-corrected chi connectivity index (χ2v) is 9.32. The summed E-state index contributed by atoms with van der Waals surface area (Å²) < 4.78 is 27.8. The van der Waals surface area contributed by atoms with Crippen molar-refractivity contribution < 1.29 is 28.0 Å². The normalized spacial score (nSPS) is 12.2. The van der Waals surface area contributed by atoms with Crippen LogP contribution < -0.4 is 4.72 Å². The fourth-order valence-electron chi connectivity index (χ4n) is 3.40. The molecule has 0 aliphatic heterocycles. The number of carbonyl (C=O) groups excluding carboxylic acids is 2. The predicted molar refractivity (Wildman–Crippen MR) is 124 cm³/mol. The molecule has 0 aliphatic rings. The quantitative estimate of drug-likeness (QED) is 0.267. The van der Waals surface area contributed by atoms with Crippen LogP contribution in [0.1, 0.15) is 5.56 Å². The highest BCUT2D eigenvalue weighted by Gasteiger charge is 2.32. The monoisotopic (exact) mass is 485 g/mol. The Morgan fingerprint density at radius 1 is 1.06 bits per heavy atom. The van der Waals surface area contributed by atoms with Crippen LogP contribution in [0.25, 0.3) is 10.8 Å². The fraction of sp³-hybridized carbons (Fsp3) is 0.217. The number of benzene rings is 3. The van der Waals surface area contributed by atoms with E-state index >= 15 is 0 Å². The van der Waals surface area contributed by atoms with E-state index in [9.17, 15) is 28.1 Å². The average molecular weight is 486 g/mol. The number of nitrogens with one attached hydrogen (secondary N) is 1. The number of aliphatic hydroxyl groups excluding tert-OH is 1. The maximum absolute atomic E-state index is 13.0. The van der Waals surface area contributed by atoms with Crippen LogP contribution in [-0.4, -0.2) is 55.4 Å². The Morgan fingerprint density at radius 2 is 1.71 bits per heavy atom. The highest BCUT2D eigenvalue weighted by molar-refractivity contribution is 7.90. The number of hydrogen-bond donors (Lipinski definition) is 2. The Morgan fingerprint density at radius 3 is 2.32 bits per heavy atom. The lowest BCUT2D eigenvalue weighted by atomic mass is 9.97. The van der Waals surface area contributed by atoms with Crippen molar-refractivity contribution in [2.45, 2.75) is 11.3 Å². The van der Waals surface area contributed by atoms with Crippen molar-refractivity contribution in [2.24, 2.45) is 5.92 Å². The van der Waals surface area contributed by atoms with Crippen LogP contribution in [0.5, 0.6) is 0 Å². The molecule has 0 spiro atoms. The van der Waals surface area contributed by atoms with Gasteiger partial charge in [0.2, 0.25) is 11.8 Å². The Labute approximate surface area is 196 Å². The molecule has 0 aliphatic carbocycles. The molecule has 2 N–H and O–H groups in total. The number of aliphatic hydroxyl groups is 1. The molecule has 0 aromatic heterocycles. The smallest absolute Gasteiger partial charge is 0.269 e. The van der Waals surface area contributed by atoms with Gasteiger partial charge in [0, 0.05) is 25.7 Å². The first-order chi connectivity index (χ1) is 16.1. The van der Waals surface area contributed by atoms with E-state index in [4.69, 9.17) is 5.11 Å². The van der Waals surface area contributed by atoms with Crippen LogP contribution in [0, 0.1) is 16.0 Å². The van der Waals surface area contributed by atoms with Crippen LogP contribution in [-0.2, 0) is 26.0 Å². The Hall–Kier alpha value is -3.83. The van der Waals surface area contributed by atoms with Crippen molar-refractivity contribution in [3.8, 4) is 0 Å². The van der Waals surface area contributed by atoms with E-state index in [0.29, 0.717) is 10.9 Å². The number of non-ortho nitro benzene ring substituents is 1. The molecular formula is C23H23N3O7S. The van der Waals surface area contributed by atoms with Gasteiger partial charge in [-0.25, -0.2) is 13.1 Å². The number of amides is 2. The van der Waals surface area contributed by atoms with Crippen LogP contribution in [0.15, 0.2) is 71.6 Å². The van der Waals surface area contributed by atoms with E-state index in [-0.39, 0.29) is 30.2 Å². The Bertz CT molecular complexity index is 1320. The highest BCUT2D eigenvalue weighted by atomic mass is 32.2. The van der Waals surface area contributed by atoms with Crippen molar-refractivity contribution in [3.63, 3.8) is 0 Å². The zero-order chi connectivity index (χ0) is 24.9. The van der Waals surface area contributed by atoms with E-state index in [2.05, 4.69) is 0 Å². The van der Waals surface area contributed by atoms with Crippen LogP contribution >= 0.6 is 0 Å². The summed E-state index contributed by atoms with van der Waals surface area (Å²) in [4.78, 5) is 37.2. The van der Waals surface area contributed by atoms with Gasteiger partial charge in [0.15, 0.2) is 0 Å². The van der Waals surface area contributed by atoms with Gasteiger partial charge in [-0.15, -0.1) is 0 Å². The van der Waals surface area contributed by atoms with Gasteiger partial charge >= 0.3 is 0 Å². The van der Waals surface area contributed by atoms with Crippen molar-refractivity contribution in [1.82, 2.24) is 9.62 Å². The van der Waals surface area contributed by atoms with Gasteiger partial charge < -0.3 is 10.0 Å². The molecule has 3 rings (SSSR count). The molecule has 3 aromatic carbocycles. The number of carbonyl (C=O) groups is 2. The van der Waals surface area contributed by atoms with Crippen molar-refractivity contribution >= 4 is 38.3 Å². The third-order valence-corrected chi connectivity index (χ3v) is 6.62. The molecule has 0 bridgehead atoms. The van der Waals surface area contributed by atoms with Gasteiger partial charge in [0.25, 0.3) is 15.7 Å². The van der Waals surface area contributed by atoms with Gasteiger partial charge in [-0.1, -0.05) is 42.5 Å². The molecule has 1 unspecified atom stereocenters. The van der Waals surface area contributed by atoms with Crippen molar-refractivity contribution in [3.05, 3.63) is 82.4 Å². The molecule has 34 heavy (non-hydrogen) atoms. The number of likely N-dealkylation sites (N-methyl/N-ethyl adjacent to an activating group) is 1. The summed E-state index contributed by atoms with van der Waals surface area (Å²) >= 11 is 0. The summed E-state index contributed by atoms with van der Waals surface area (Å²) in [6.45, 7) is -0.399. The van der Waals surface area contributed by atoms with Gasteiger partial charge in [-0.05, 0) is 34.9 Å². The SMILES string of the molecule is CN(CCO)C(=O)C(Cc1ccc([N+](=O)[O-])cc1)C(=O)NS(=O)(=O)c1ccc2ccccc2c1. The zero-order valence-electron chi connectivity index (χ0n) is 18.2. The van der Waals surface area contributed by atoms with E-state index in [1.165, 1.54) is 43.4 Å². The maximum atomic E-state index is 13.0.